The summed E-state index contributed by atoms with van der Waals surface area (Å²) in [7, 11) is -3.79. The van der Waals surface area contributed by atoms with Gasteiger partial charge in [-0.1, -0.05) is 18.2 Å². The van der Waals surface area contributed by atoms with Crippen LogP contribution in [0.5, 0.6) is 0 Å². The Bertz CT molecular complexity index is 589. The van der Waals surface area contributed by atoms with E-state index < -0.39 is 27.8 Å². The predicted octanol–water partition coefficient (Wildman–Crippen LogP) is 0.451. The molecule has 0 heterocycles. The molecule has 1 unspecified atom stereocenters. The van der Waals surface area contributed by atoms with Crippen LogP contribution in [0.2, 0.25) is 0 Å². The quantitative estimate of drug-likeness (QED) is 0.806. The maximum absolute atomic E-state index is 11.7. The van der Waals surface area contributed by atoms with Crippen molar-refractivity contribution >= 4 is 16.0 Å². The molecule has 1 atom stereocenters. The van der Waals surface area contributed by atoms with Crippen LogP contribution in [0.15, 0.2) is 24.3 Å². The summed E-state index contributed by atoms with van der Waals surface area (Å²) in [6.07, 6.45) is 0. The molecule has 0 saturated carbocycles. The molecule has 1 aromatic rings. The third-order valence-corrected chi connectivity index (χ3v) is 3.61. The summed E-state index contributed by atoms with van der Waals surface area (Å²) in [5, 5.41) is 17.5. The molecule has 18 heavy (non-hydrogen) atoms. The van der Waals surface area contributed by atoms with Crippen LogP contribution in [0.4, 0.5) is 0 Å². The van der Waals surface area contributed by atoms with E-state index in [1.165, 1.54) is 19.1 Å². The number of carbonyl (C=O) groups is 1. The van der Waals surface area contributed by atoms with Crippen molar-refractivity contribution < 1.29 is 18.3 Å². The summed E-state index contributed by atoms with van der Waals surface area (Å²) in [6.45, 7) is 1.23. The summed E-state index contributed by atoms with van der Waals surface area (Å²) in [5.74, 6) is -1.68. The molecular formula is C11H12N2O4S. The van der Waals surface area contributed by atoms with Gasteiger partial charge in [-0.2, -0.15) is 5.26 Å². The normalized spacial score (nSPS) is 12.7. The van der Waals surface area contributed by atoms with Crippen molar-refractivity contribution in [1.82, 2.24) is 4.72 Å². The Labute approximate surface area is 105 Å². The molecule has 7 heteroatoms. The van der Waals surface area contributed by atoms with Crippen LogP contribution in [0.3, 0.4) is 0 Å². The Balaban J connectivity index is 2.90. The number of aliphatic carboxylic acids is 1. The molecule has 0 spiro atoms. The molecule has 0 bridgehead atoms. The van der Waals surface area contributed by atoms with Crippen molar-refractivity contribution in [2.75, 3.05) is 0 Å². The Kier molecular flexibility index (Phi) is 4.42. The number of sulfonamides is 1. The van der Waals surface area contributed by atoms with E-state index in [-0.39, 0.29) is 5.56 Å². The molecule has 1 aromatic carbocycles. The second-order valence-corrected chi connectivity index (χ2v) is 5.46. The summed E-state index contributed by atoms with van der Waals surface area (Å²) >= 11 is 0. The zero-order chi connectivity index (χ0) is 13.8. The third kappa shape index (κ3) is 3.84. The number of benzene rings is 1. The van der Waals surface area contributed by atoms with Crippen molar-refractivity contribution in [3.63, 3.8) is 0 Å². The predicted molar refractivity (Wildman–Crippen MR) is 64.0 cm³/mol. The minimum atomic E-state index is -3.79. The van der Waals surface area contributed by atoms with E-state index in [1.54, 1.807) is 12.1 Å². The fraction of sp³-hybridized carbons (Fsp3) is 0.273. The monoisotopic (exact) mass is 268 g/mol. The summed E-state index contributed by atoms with van der Waals surface area (Å²) in [5.41, 5.74) is 0.593. The largest absolute Gasteiger partial charge is 0.480 e. The second kappa shape index (κ2) is 5.62. The number of nitriles is 1. The Hall–Kier alpha value is -1.91. The summed E-state index contributed by atoms with van der Waals surface area (Å²) in [4.78, 5) is 10.6. The smallest absolute Gasteiger partial charge is 0.321 e. The highest BCUT2D eigenvalue weighted by Crippen LogP contribution is 2.11. The van der Waals surface area contributed by atoms with E-state index >= 15 is 0 Å². The van der Waals surface area contributed by atoms with Gasteiger partial charge in [0.2, 0.25) is 10.0 Å². The van der Waals surface area contributed by atoms with Gasteiger partial charge in [0.25, 0.3) is 0 Å². The molecule has 96 valence electrons. The average molecular weight is 268 g/mol. The first-order valence-electron chi connectivity index (χ1n) is 5.06. The average Bonchev–Trinajstić information content (AvgIpc) is 2.28. The van der Waals surface area contributed by atoms with E-state index in [9.17, 15) is 13.2 Å². The lowest BCUT2D eigenvalue weighted by Crippen LogP contribution is -2.39. The van der Waals surface area contributed by atoms with Gasteiger partial charge >= 0.3 is 5.97 Å². The minimum Gasteiger partial charge on any atom is -0.480 e. The fourth-order valence-corrected chi connectivity index (χ4v) is 2.71. The van der Waals surface area contributed by atoms with Gasteiger partial charge in [-0.05, 0) is 18.6 Å². The highest BCUT2D eigenvalue weighted by atomic mass is 32.2. The number of carboxylic acids is 1. The van der Waals surface area contributed by atoms with Crippen LogP contribution in [-0.2, 0) is 20.6 Å². The zero-order valence-electron chi connectivity index (χ0n) is 9.62. The SMILES string of the molecule is CC(NS(=O)(=O)Cc1ccccc1C#N)C(=O)O. The molecule has 1 rings (SSSR count). The van der Waals surface area contributed by atoms with E-state index in [4.69, 9.17) is 10.4 Å². The number of rotatable bonds is 5. The van der Waals surface area contributed by atoms with Gasteiger partial charge in [-0.15, -0.1) is 0 Å². The lowest BCUT2D eigenvalue weighted by atomic mass is 10.1. The molecule has 6 nitrogen and oxygen atoms in total. The van der Waals surface area contributed by atoms with Gasteiger partial charge in [0.15, 0.2) is 0 Å². The van der Waals surface area contributed by atoms with Crippen molar-refractivity contribution in [3.05, 3.63) is 35.4 Å². The van der Waals surface area contributed by atoms with Crippen molar-refractivity contribution in [2.45, 2.75) is 18.7 Å². The third-order valence-electron chi connectivity index (χ3n) is 2.21. The summed E-state index contributed by atoms with van der Waals surface area (Å²) < 4.78 is 25.4. The van der Waals surface area contributed by atoms with E-state index in [0.29, 0.717) is 5.56 Å². The number of hydrogen-bond acceptors (Lipinski definition) is 4. The molecule has 0 aliphatic heterocycles. The van der Waals surface area contributed by atoms with Crippen LogP contribution < -0.4 is 4.72 Å². The zero-order valence-corrected chi connectivity index (χ0v) is 10.4. The standard InChI is InChI=1S/C11H12N2O4S/c1-8(11(14)15)13-18(16,17)7-10-5-3-2-4-9(10)6-12/h2-5,8,13H,7H2,1H3,(H,14,15). The number of nitrogens with one attached hydrogen (secondary N) is 1. The molecule has 0 aliphatic rings. The van der Waals surface area contributed by atoms with Gasteiger partial charge in [0.05, 0.1) is 17.4 Å². The molecule has 0 saturated heterocycles. The first kappa shape index (κ1) is 14.2. The van der Waals surface area contributed by atoms with Crippen molar-refractivity contribution in [1.29, 1.82) is 5.26 Å². The molecule has 0 aromatic heterocycles. The highest BCUT2D eigenvalue weighted by Gasteiger charge is 2.20. The summed E-state index contributed by atoms with van der Waals surface area (Å²) in [6, 6.07) is 6.95. The van der Waals surface area contributed by atoms with Crippen molar-refractivity contribution in [2.24, 2.45) is 0 Å². The van der Waals surface area contributed by atoms with E-state index in [1.807, 2.05) is 10.8 Å². The van der Waals surface area contributed by atoms with Gasteiger partial charge in [0.1, 0.15) is 6.04 Å². The lowest BCUT2D eigenvalue weighted by Gasteiger charge is -2.10. The first-order valence-corrected chi connectivity index (χ1v) is 6.72. The second-order valence-electron chi connectivity index (χ2n) is 3.71. The topological polar surface area (TPSA) is 107 Å². The molecular weight excluding hydrogens is 256 g/mol. The maximum atomic E-state index is 11.7. The molecule has 0 aliphatic carbocycles. The Morgan fingerprint density at radius 1 is 1.50 bits per heavy atom. The van der Waals surface area contributed by atoms with Crippen LogP contribution in [0, 0.1) is 11.3 Å². The number of hydrogen-bond donors (Lipinski definition) is 2. The van der Waals surface area contributed by atoms with Crippen LogP contribution in [0.1, 0.15) is 18.1 Å². The fourth-order valence-electron chi connectivity index (χ4n) is 1.32. The van der Waals surface area contributed by atoms with Gasteiger partial charge in [0, 0.05) is 0 Å². The molecule has 0 radical (unpaired) electrons. The molecule has 2 N–H and O–H groups in total. The van der Waals surface area contributed by atoms with Crippen LogP contribution in [-0.4, -0.2) is 25.5 Å². The van der Waals surface area contributed by atoms with Gasteiger partial charge < -0.3 is 5.11 Å². The first-order chi connectivity index (χ1) is 8.35. The lowest BCUT2D eigenvalue weighted by molar-refractivity contribution is -0.138. The van der Waals surface area contributed by atoms with Crippen LogP contribution >= 0.6 is 0 Å². The number of nitrogens with zero attached hydrogens (tertiary/aromatic N) is 1. The number of carboxylic acid groups (broad SMARTS) is 1. The van der Waals surface area contributed by atoms with Gasteiger partial charge in [-0.25, -0.2) is 13.1 Å². The Morgan fingerprint density at radius 3 is 2.67 bits per heavy atom. The maximum Gasteiger partial charge on any atom is 0.321 e. The highest BCUT2D eigenvalue weighted by molar-refractivity contribution is 7.88. The molecule has 0 amide bonds. The Morgan fingerprint density at radius 2 is 2.11 bits per heavy atom. The minimum absolute atomic E-state index is 0.255. The van der Waals surface area contributed by atoms with Crippen molar-refractivity contribution in [3.8, 4) is 6.07 Å². The van der Waals surface area contributed by atoms with Gasteiger partial charge in [-0.3, -0.25) is 4.79 Å². The molecule has 0 fully saturated rings. The van der Waals surface area contributed by atoms with E-state index in [2.05, 4.69) is 0 Å². The van der Waals surface area contributed by atoms with E-state index in [0.717, 1.165) is 0 Å². The van der Waals surface area contributed by atoms with Crippen LogP contribution in [0.25, 0.3) is 0 Å².